The van der Waals surface area contributed by atoms with Crippen LogP contribution in [0.2, 0.25) is 0 Å². The molecule has 0 unspecified atom stereocenters. The molecule has 1 aliphatic carbocycles. The number of aryl methyl sites for hydroxylation is 1. The largest absolute Gasteiger partial charge is 0.207 e. The molecule has 1 saturated carbocycles. The second kappa shape index (κ2) is 8.90. The minimum Gasteiger partial charge on any atom is -0.207 e. The Bertz CT molecular complexity index is 733. The van der Waals surface area contributed by atoms with E-state index in [9.17, 15) is 17.6 Å². The van der Waals surface area contributed by atoms with Gasteiger partial charge in [0.25, 0.3) is 0 Å². The van der Waals surface area contributed by atoms with Crippen molar-refractivity contribution in [2.75, 3.05) is 0 Å². The molecule has 2 aromatic carbocycles. The zero-order chi connectivity index (χ0) is 19.4. The molecule has 3 rings (SSSR count). The van der Waals surface area contributed by atoms with Crippen LogP contribution in [0.15, 0.2) is 30.3 Å². The van der Waals surface area contributed by atoms with Gasteiger partial charge in [-0.15, -0.1) is 0 Å². The fraction of sp³-hybridized carbons (Fsp3) is 0.478. The highest BCUT2D eigenvalue weighted by atomic mass is 19.1. The molecule has 0 heterocycles. The van der Waals surface area contributed by atoms with E-state index in [2.05, 4.69) is 6.92 Å². The molecular formula is C23H26F4. The maximum Gasteiger partial charge on any atom is 0.129 e. The van der Waals surface area contributed by atoms with Crippen LogP contribution < -0.4 is 0 Å². The lowest BCUT2D eigenvalue weighted by atomic mass is 9.77. The van der Waals surface area contributed by atoms with E-state index in [-0.39, 0.29) is 24.3 Å². The summed E-state index contributed by atoms with van der Waals surface area (Å²) in [6.07, 6.45) is 6.87. The van der Waals surface area contributed by atoms with Crippen molar-refractivity contribution in [2.45, 2.75) is 64.2 Å². The van der Waals surface area contributed by atoms with Crippen LogP contribution in [0.4, 0.5) is 17.6 Å². The summed E-state index contributed by atoms with van der Waals surface area (Å²) in [6.45, 7) is 2.19. The molecule has 27 heavy (non-hydrogen) atoms. The maximum atomic E-state index is 14.5. The van der Waals surface area contributed by atoms with Crippen LogP contribution >= 0.6 is 0 Å². The Morgan fingerprint density at radius 2 is 1.37 bits per heavy atom. The molecule has 0 atom stereocenters. The van der Waals surface area contributed by atoms with Crippen molar-refractivity contribution in [3.63, 3.8) is 0 Å². The van der Waals surface area contributed by atoms with Gasteiger partial charge in [0, 0.05) is 11.6 Å². The van der Waals surface area contributed by atoms with E-state index >= 15 is 0 Å². The molecule has 1 aliphatic rings. The first-order valence-corrected chi connectivity index (χ1v) is 9.89. The summed E-state index contributed by atoms with van der Waals surface area (Å²) in [4.78, 5) is 0. The van der Waals surface area contributed by atoms with Gasteiger partial charge in [0.05, 0.1) is 0 Å². The number of rotatable bonds is 6. The highest BCUT2D eigenvalue weighted by molar-refractivity contribution is 5.30. The predicted octanol–water partition coefficient (Wildman–Crippen LogP) is 7.10. The number of benzene rings is 2. The topological polar surface area (TPSA) is 0 Å². The van der Waals surface area contributed by atoms with Gasteiger partial charge >= 0.3 is 0 Å². The summed E-state index contributed by atoms with van der Waals surface area (Å²) in [5, 5.41) is 0. The molecule has 0 nitrogen and oxygen atoms in total. The lowest BCUT2D eigenvalue weighted by Gasteiger charge is -2.29. The summed E-state index contributed by atoms with van der Waals surface area (Å²) in [6, 6.07) is 6.09. The Labute approximate surface area is 158 Å². The predicted molar refractivity (Wildman–Crippen MR) is 99.7 cm³/mol. The average molecular weight is 378 g/mol. The maximum absolute atomic E-state index is 14.5. The fourth-order valence-corrected chi connectivity index (χ4v) is 4.31. The summed E-state index contributed by atoms with van der Waals surface area (Å²) >= 11 is 0. The minimum absolute atomic E-state index is 0.0110. The summed E-state index contributed by atoms with van der Waals surface area (Å²) in [5.74, 6) is -1.52. The molecular weight excluding hydrogens is 352 g/mol. The van der Waals surface area contributed by atoms with Gasteiger partial charge in [0.15, 0.2) is 0 Å². The second-order valence-electron chi connectivity index (χ2n) is 7.75. The number of hydrogen-bond acceptors (Lipinski definition) is 0. The first-order valence-electron chi connectivity index (χ1n) is 9.89. The van der Waals surface area contributed by atoms with E-state index < -0.39 is 23.3 Å². The van der Waals surface area contributed by atoms with E-state index in [0.717, 1.165) is 43.2 Å². The Hall–Kier alpha value is -1.84. The molecule has 0 N–H and O–H groups in total. The molecule has 4 heteroatoms. The molecule has 0 spiro atoms. The van der Waals surface area contributed by atoms with E-state index in [1.54, 1.807) is 0 Å². The normalized spacial score (nSPS) is 20.0. The highest BCUT2D eigenvalue weighted by Gasteiger charge is 2.23. The van der Waals surface area contributed by atoms with Crippen molar-refractivity contribution < 1.29 is 17.6 Å². The van der Waals surface area contributed by atoms with E-state index in [0.29, 0.717) is 5.56 Å². The van der Waals surface area contributed by atoms with Crippen molar-refractivity contribution in [1.82, 2.24) is 0 Å². The quantitative estimate of drug-likeness (QED) is 0.470. The SMILES string of the molecule is CCCC1CCC(c2cc(F)c(CCc3cc(F)cc(F)c3)c(F)c2)CC1. The van der Waals surface area contributed by atoms with Crippen LogP contribution in [0, 0.1) is 29.2 Å². The molecule has 0 bridgehead atoms. The van der Waals surface area contributed by atoms with Crippen LogP contribution in [0.1, 0.15) is 68.1 Å². The molecule has 0 amide bonds. The summed E-state index contributed by atoms with van der Waals surface area (Å²) < 4.78 is 55.6. The van der Waals surface area contributed by atoms with Crippen molar-refractivity contribution >= 4 is 0 Å². The van der Waals surface area contributed by atoms with Gasteiger partial charge in [-0.25, -0.2) is 17.6 Å². The average Bonchev–Trinajstić information content (AvgIpc) is 2.61. The van der Waals surface area contributed by atoms with E-state index in [1.165, 1.54) is 37.1 Å². The fourth-order valence-electron chi connectivity index (χ4n) is 4.31. The van der Waals surface area contributed by atoms with E-state index in [1.807, 2.05) is 0 Å². The Kier molecular flexibility index (Phi) is 6.56. The highest BCUT2D eigenvalue weighted by Crippen LogP contribution is 2.38. The van der Waals surface area contributed by atoms with Crippen LogP contribution in [-0.4, -0.2) is 0 Å². The second-order valence-corrected chi connectivity index (χ2v) is 7.75. The van der Waals surface area contributed by atoms with Crippen molar-refractivity contribution in [1.29, 1.82) is 0 Å². The third-order valence-corrected chi connectivity index (χ3v) is 5.76. The summed E-state index contributed by atoms with van der Waals surface area (Å²) in [5.41, 5.74) is 1.12. The Morgan fingerprint density at radius 1 is 0.778 bits per heavy atom. The zero-order valence-corrected chi connectivity index (χ0v) is 15.7. The van der Waals surface area contributed by atoms with Crippen molar-refractivity contribution in [3.05, 3.63) is 70.3 Å². The van der Waals surface area contributed by atoms with Crippen molar-refractivity contribution in [3.8, 4) is 0 Å². The Balaban J connectivity index is 1.68. The van der Waals surface area contributed by atoms with Crippen LogP contribution in [0.25, 0.3) is 0 Å². The minimum atomic E-state index is -0.681. The van der Waals surface area contributed by atoms with Gasteiger partial charge in [-0.05, 0) is 85.8 Å². The van der Waals surface area contributed by atoms with Gasteiger partial charge in [-0.3, -0.25) is 0 Å². The van der Waals surface area contributed by atoms with Gasteiger partial charge < -0.3 is 0 Å². The van der Waals surface area contributed by atoms with Gasteiger partial charge in [0.1, 0.15) is 23.3 Å². The molecule has 0 radical (unpaired) electrons. The molecule has 0 saturated heterocycles. The van der Waals surface area contributed by atoms with Gasteiger partial charge in [0.2, 0.25) is 0 Å². The Morgan fingerprint density at radius 3 is 1.93 bits per heavy atom. The molecule has 2 aromatic rings. The third-order valence-electron chi connectivity index (χ3n) is 5.76. The smallest absolute Gasteiger partial charge is 0.129 e. The van der Waals surface area contributed by atoms with E-state index in [4.69, 9.17) is 0 Å². The molecule has 0 aromatic heterocycles. The standard InChI is InChI=1S/C23H26F4/c1-2-3-15-4-7-17(8-5-15)18-12-22(26)21(23(27)13-18)9-6-16-10-19(24)14-20(25)11-16/h10-15,17H,2-9H2,1H3. The van der Waals surface area contributed by atoms with Crippen LogP contribution in [0.5, 0.6) is 0 Å². The number of halogens is 4. The van der Waals surface area contributed by atoms with Crippen LogP contribution in [-0.2, 0) is 12.8 Å². The zero-order valence-electron chi connectivity index (χ0n) is 15.7. The van der Waals surface area contributed by atoms with Gasteiger partial charge in [-0.2, -0.15) is 0 Å². The molecule has 0 aliphatic heterocycles. The third kappa shape index (κ3) is 5.12. The first kappa shape index (κ1) is 19.9. The number of hydrogen-bond donors (Lipinski definition) is 0. The van der Waals surface area contributed by atoms with Crippen molar-refractivity contribution in [2.24, 2.45) is 5.92 Å². The lowest BCUT2D eigenvalue weighted by molar-refractivity contribution is 0.307. The first-order chi connectivity index (χ1) is 13.0. The lowest BCUT2D eigenvalue weighted by Crippen LogP contribution is -2.14. The summed E-state index contributed by atoms with van der Waals surface area (Å²) in [7, 11) is 0. The molecule has 146 valence electrons. The van der Waals surface area contributed by atoms with Gasteiger partial charge in [-0.1, -0.05) is 19.8 Å². The monoisotopic (exact) mass is 378 g/mol. The van der Waals surface area contributed by atoms with Crippen LogP contribution in [0.3, 0.4) is 0 Å². The molecule has 1 fully saturated rings.